The van der Waals surface area contributed by atoms with E-state index in [0.29, 0.717) is 48.4 Å². The zero-order valence-electron chi connectivity index (χ0n) is 26.5. The van der Waals surface area contributed by atoms with Crippen molar-refractivity contribution in [2.24, 2.45) is 5.92 Å². The van der Waals surface area contributed by atoms with Gasteiger partial charge in [0.2, 0.25) is 0 Å². The summed E-state index contributed by atoms with van der Waals surface area (Å²) < 4.78 is 11.1. The van der Waals surface area contributed by atoms with Gasteiger partial charge in [0, 0.05) is 52.7 Å². The maximum atomic E-state index is 12.9. The summed E-state index contributed by atoms with van der Waals surface area (Å²) in [5.41, 5.74) is 6.32. The van der Waals surface area contributed by atoms with E-state index in [2.05, 4.69) is 15.5 Å². The lowest BCUT2D eigenvalue weighted by atomic mass is 10.1. The number of halogens is 2. The average Bonchev–Trinajstić information content (AvgIpc) is 3.06. The van der Waals surface area contributed by atoms with Gasteiger partial charge in [-0.1, -0.05) is 62.4 Å². The first kappa shape index (κ1) is 33.8. The quantitative estimate of drug-likeness (QED) is 0.0691. The smallest absolute Gasteiger partial charge is 0.411 e. The number of rotatable bonds is 14. The standard InChI is InChI=1S/C37H38Cl2N4O4/c1-25(2)23-47-37(45)41-29-20-27(24-46-35(44)21-26-11-13-30(14-12-26)43(17-15-38)18-16-39)19-28(22-29)40-36-31-7-3-5-9-33(31)42-34-10-6-4-8-32(34)36/h3-14,19-20,22,25H,15-18,21,23-24H2,1-2H3,(H,40,42)(H,41,45). The minimum absolute atomic E-state index is 0.0131. The summed E-state index contributed by atoms with van der Waals surface area (Å²) >= 11 is 11.9. The highest BCUT2D eigenvalue weighted by molar-refractivity contribution is 6.18. The van der Waals surface area contributed by atoms with Gasteiger partial charge in [-0.05, 0) is 59.5 Å². The molecule has 0 unspecified atom stereocenters. The van der Waals surface area contributed by atoms with Crippen molar-refractivity contribution in [2.45, 2.75) is 26.9 Å². The number of esters is 1. The van der Waals surface area contributed by atoms with Gasteiger partial charge in [0.05, 0.1) is 29.7 Å². The highest BCUT2D eigenvalue weighted by Gasteiger charge is 2.14. The van der Waals surface area contributed by atoms with Crippen LogP contribution in [0.2, 0.25) is 0 Å². The Morgan fingerprint density at radius 2 is 1.40 bits per heavy atom. The van der Waals surface area contributed by atoms with Crippen molar-refractivity contribution >= 4 is 79.8 Å². The summed E-state index contributed by atoms with van der Waals surface area (Å²) in [6, 6.07) is 29.1. The second-order valence-electron chi connectivity index (χ2n) is 11.6. The number of alkyl halides is 2. The number of anilines is 4. The number of ether oxygens (including phenoxy) is 2. The van der Waals surface area contributed by atoms with Crippen LogP contribution in [0.15, 0.2) is 91.0 Å². The first-order chi connectivity index (χ1) is 22.8. The number of aromatic nitrogens is 1. The molecule has 8 nitrogen and oxygen atoms in total. The molecule has 0 fully saturated rings. The molecular formula is C37H38Cl2N4O4. The first-order valence-corrected chi connectivity index (χ1v) is 16.6. The number of nitrogens with zero attached hydrogens (tertiary/aromatic N) is 2. The molecule has 0 atom stereocenters. The predicted octanol–water partition coefficient (Wildman–Crippen LogP) is 8.91. The van der Waals surface area contributed by atoms with E-state index >= 15 is 0 Å². The number of hydrogen-bond acceptors (Lipinski definition) is 7. The number of amides is 1. The van der Waals surface area contributed by atoms with Gasteiger partial charge >= 0.3 is 12.1 Å². The van der Waals surface area contributed by atoms with Gasteiger partial charge in [-0.25, -0.2) is 9.78 Å². The Labute approximate surface area is 285 Å². The van der Waals surface area contributed by atoms with Crippen molar-refractivity contribution in [3.05, 3.63) is 102 Å². The molecule has 0 bridgehead atoms. The molecule has 1 aromatic heterocycles. The fourth-order valence-electron chi connectivity index (χ4n) is 5.22. The van der Waals surface area contributed by atoms with E-state index in [-0.39, 0.29) is 24.9 Å². The van der Waals surface area contributed by atoms with E-state index in [1.807, 2.05) is 98.8 Å². The third kappa shape index (κ3) is 9.27. The summed E-state index contributed by atoms with van der Waals surface area (Å²) in [6.45, 7) is 5.62. The molecule has 2 N–H and O–H groups in total. The molecule has 0 aliphatic carbocycles. The molecule has 0 spiro atoms. The molecule has 0 saturated carbocycles. The number of fused-ring (bicyclic) bond motifs is 2. The summed E-state index contributed by atoms with van der Waals surface area (Å²) in [4.78, 5) is 32.4. The summed E-state index contributed by atoms with van der Waals surface area (Å²) in [7, 11) is 0. The fourth-order valence-corrected chi connectivity index (χ4v) is 5.62. The molecule has 0 aliphatic rings. The normalized spacial score (nSPS) is 11.1. The van der Waals surface area contributed by atoms with Crippen LogP contribution in [-0.4, -0.2) is 48.5 Å². The number of nitrogens with one attached hydrogen (secondary N) is 2. The first-order valence-electron chi connectivity index (χ1n) is 15.6. The van der Waals surface area contributed by atoms with Crippen molar-refractivity contribution < 1.29 is 19.1 Å². The molecule has 47 heavy (non-hydrogen) atoms. The van der Waals surface area contributed by atoms with Gasteiger partial charge in [0.15, 0.2) is 0 Å². The van der Waals surface area contributed by atoms with E-state index in [9.17, 15) is 9.59 Å². The predicted molar refractivity (Wildman–Crippen MR) is 192 cm³/mol. The van der Waals surface area contributed by atoms with Crippen molar-refractivity contribution in [1.29, 1.82) is 0 Å². The number of pyridine rings is 1. The van der Waals surface area contributed by atoms with E-state index in [0.717, 1.165) is 38.7 Å². The van der Waals surface area contributed by atoms with Crippen LogP contribution >= 0.6 is 23.2 Å². The average molecular weight is 674 g/mol. The highest BCUT2D eigenvalue weighted by Crippen LogP contribution is 2.34. The third-order valence-corrected chi connectivity index (χ3v) is 7.74. The lowest BCUT2D eigenvalue weighted by molar-refractivity contribution is -0.144. The van der Waals surface area contributed by atoms with Crippen LogP contribution < -0.4 is 15.5 Å². The maximum absolute atomic E-state index is 12.9. The van der Waals surface area contributed by atoms with Crippen molar-refractivity contribution in [2.75, 3.05) is 47.0 Å². The zero-order chi connectivity index (χ0) is 33.2. The van der Waals surface area contributed by atoms with Crippen LogP contribution in [0, 0.1) is 5.92 Å². The number of hydrogen-bond donors (Lipinski definition) is 2. The van der Waals surface area contributed by atoms with Crippen LogP contribution in [0.25, 0.3) is 21.8 Å². The Bertz CT molecular complexity index is 1770. The Balaban J connectivity index is 1.36. The van der Waals surface area contributed by atoms with Gasteiger partial charge in [0.25, 0.3) is 0 Å². The summed E-state index contributed by atoms with van der Waals surface area (Å²) in [6.07, 6.45) is -0.442. The van der Waals surface area contributed by atoms with Crippen molar-refractivity contribution in [1.82, 2.24) is 4.98 Å². The Hall–Kier alpha value is -4.53. The third-order valence-electron chi connectivity index (χ3n) is 7.40. The monoisotopic (exact) mass is 672 g/mol. The molecule has 244 valence electrons. The molecule has 1 amide bonds. The Morgan fingerprint density at radius 3 is 2.02 bits per heavy atom. The van der Waals surface area contributed by atoms with Gasteiger partial charge in [-0.2, -0.15) is 0 Å². The minimum Gasteiger partial charge on any atom is -0.461 e. The molecule has 0 saturated heterocycles. The zero-order valence-corrected chi connectivity index (χ0v) is 28.0. The molecule has 0 aliphatic heterocycles. The second-order valence-corrected chi connectivity index (χ2v) is 12.3. The molecule has 1 heterocycles. The molecule has 5 rings (SSSR count). The van der Waals surface area contributed by atoms with Gasteiger partial charge in [-0.15, -0.1) is 23.2 Å². The number of carbonyl (C=O) groups excluding carboxylic acids is 2. The van der Waals surface area contributed by atoms with Gasteiger partial charge in [0.1, 0.15) is 6.61 Å². The van der Waals surface area contributed by atoms with Crippen molar-refractivity contribution in [3.63, 3.8) is 0 Å². The number of carbonyl (C=O) groups is 2. The Kier molecular flexibility index (Phi) is 11.8. The number of para-hydroxylation sites is 2. The van der Waals surface area contributed by atoms with Crippen LogP contribution in [0.5, 0.6) is 0 Å². The molecule has 5 aromatic rings. The topological polar surface area (TPSA) is 92.8 Å². The second kappa shape index (κ2) is 16.3. The van der Waals surface area contributed by atoms with Gasteiger partial charge in [-0.3, -0.25) is 10.1 Å². The molecular weight excluding hydrogens is 635 g/mol. The van der Waals surface area contributed by atoms with Crippen LogP contribution in [0.3, 0.4) is 0 Å². The maximum Gasteiger partial charge on any atom is 0.411 e. The Morgan fingerprint density at radius 1 is 0.787 bits per heavy atom. The van der Waals surface area contributed by atoms with E-state index in [1.54, 1.807) is 6.07 Å². The lowest BCUT2D eigenvalue weighted by Crippen LogP contribution is -2.27. The van der Waals surface area contributed by atoms with Crippen LogP contribution in [0.4, 0.5) is 27.5 Å². The van der Waals surface area contributed by atoms with Gasteiger partial charge < -0.3 is 19.7 Å². The number of benzene rings is 4. The van der Waals surface area contributed by atoms with E-state index < -0.39 is 6.09 Å². The SMILES string of the molecule is CC(C)COC(=O)Nc1cc(COC(=O)Cc2ccc(N(CCCl)CCCl)cc2)cc(Nc2c3ccccc3nc3ccccc23)c1. The van der Waals surface area contributed by atoms with E-state index in [4.69, 9.17) is 37.7 Å². The van der Waals surface area contributed by atoms with Crippen LogP contribution in [-0.2, 0) is 27.3 Å². The summed E-state index contributed by atoms with van der Waals surface area (Å²) in [5, 5.41) is 8.29. The van der Waals surface area contributed by atoms with Crippen LogP contribution in [0.1, 0.15) is 25.0 Å². The van der Waals surface area contributed by atoms with Crippen molar-refractivity contribution in [3.8, 4) is 0 Å². The fraction of sp³-hybridized carbons (Fsp3) is 0.270. The largest absolute Gasteiger partial charge is 0.461 e. The molecule has 10 heteroatoms. The van der Waals surface area contributed by atoms with E-state index in [1.165, 1.54) is 0 Å². The molecule has 0 radical (unpaired) electrons. The lowest BCUT2D eigenvalue weighted by Gasteiger charge is -2.23. The molecule has 4 aromatic carbocycles. The summed E-state index contributed by atoms with van der Waals surface area (Å²) in [5.74, 6) is 0.816. The highest BCUT2D eigenvalue weighted by atomic mass is 35.5. The minimum atomic E-state index is -0.558.